The number of hydrogen-bond donors (Lipinski definition) is 3. The van der Waals surface area contributed by atoms with Crippen molar-refractivity contribution in [1.82, 2.24) is 25.8 Å². The Balaban J connectivity index is 0.802. The Hall–Kier alpha value is -5.28. The fourth-order valence-electron chi connectivity index (χ4n) is 7.46. The van der Waals surface area contributed by atoms with E-state index in [2.05, 4.69) is 16.0 Å². The number of ketones is 1. The summed E-state index contributed by atoms with van der Waals surface area (Å²) in [5, 5.41) is 7.45. The van der Waals surface area contributed by atoms with Crippen LogP contribution in [0.15, 0.2) is 36.4 Å². The van der Waals surface area contributed by atoms with Gasteiger partial charge in [-0.1, -0.05) is 24.3 Å². The Kier molecular flexibility index (Phi) is 12.6. The molecule has 3 N–H and O–H groups in total. The van der Waals surface area contributed by atoms with Crippen molar-refractivity contribution in [3.63, 3.8) is 0 Å². The summed E-state index contributed by atoms with van der Waals surface area (Å²) in [7, 11) is 0. The number of amides is 7. The molecule has 6 rings (SSSR count). The number of hydrogen-bond acceptors (Lipinski definition) is 10. The molecule has 0 bridgehead atoms. The lowest BCUT2D eigenvalue weighted by atomic mass is 9.98. The van der Waals surface area contributed by atoms with E-state index in [1.165, 1.54) is 9.80 Å². The zero-order valence-electron chi connectivity index (χ0n) is 30.1. The quantitative estimate of drug-likeness (QED) is 0.148. The minimum absolute atomic E-state index is 0.0916. The number of ether oxygens (including phenoxy) is 2. The number of carbonyl (C=O) groups excluding carboxylic acids is 8. The number of nitrogens with one attached hydrogen (secondary N) is 3. The zero-order chi connectivity index (χ0) is 38.2. The Morgan fingerprint density at radius 2 is 1.19 bits per heavy atom. The van der Waals surface area contributed by atoms with Gasteiger partial charge in [0.15, 0.2) is 0 Å². The molecule has 0 saturated carbocycles. The minimum Gasteiger partial charge on any atom is -0.379 e. The zero-order valence-corrected chi connectivity index (χ0v) is 30.1. The molecule has 286 valence electrons. The van der Waals surface area contributed by atoms with E-state index >= 15 is 0 Å². The van der Waals surface area contributed by atoms with Crippen LogP contribution in [0.4, 0.5) is 0 Å². The molecule has 2 saturated heterocycles. The van der Waals surface area contributed by atoms with Crippen molar-refractivity contribution < 1.29 is 47.8 Å². The Labute approximate surface area is 312 Å². The molecule has 7 amide bonds. The first-order chi connectivity index (χ1) is 26.1. The van der Waals surface area contributed by atoms with Crippen LogP contribution in [-0.2, 0) is 64.2 Å². The summed E-state index contributed by atoms with van der Waals surface area (Å²) >= 11 is 0. The monoisotopic (exact) mass is 743 g/mol. The first-order valence-electron chi connectivity index (χ1n) is 18.6. The van der Waals surface area contributed by atoms with Gasteiger partial charge in [-0.25, -0.2) is 0 Å². The molecule has 2 unspecified atom stereocenters. The van der Waals surface area contributed by atoms with Crippen LogP contribution >= 0.6 is 0 Å². The molecule has 15 nitrogen and oxygen atoms in total. The maximum atomic E-state index is 13.0. The first kappa shape index (κ1) is 38.4. The summed E-state index contributed by atoms with van der Waals surface area (Å²) in [6, 6.07) is 9.44. The van der Waals surface area contributed by atoms with Crippen LogP contribution in [0, 0.1) is 0 Å². The van der Waals surface area contributed by atoms with E-state index in [0.717, 1.165) is 22.3 Å². The van der Waals surface area contributed by atoms with E-state index < -0.39 is 23.9 Å². The third-order valence-corrected chi connectivity index (χ3v) is 10.3. The van der Waals surface area contributed by atoms with Crippen molar-refractivity contribution in [2.45, 2.75) is 89.4 Å². The maximum absolute atomic E-state index is 13.0. The van der Waals surface area contributed by atoms with Crippen molar-refractivity contribution in [1.29, 1.82) is 0 Å². The molecule has 2 aromatic carbocycles. The second-order valence-electron chi connectivity index (χ2n) is 13.9. The number of aryl methyl sites for hydroxylation is 2. The average Bonchev–Trinajstić information content (AvgIpc) is 3.67. The lowest BCUT2D eigenvalue weighted by Crippen LogP contribution is -2.52. The Morgan fingerprint density at radius 1 is 0.667 bits per heavy atom. The Morgan fingerprint density at radius 3 is 1.72 bits per heavy atom. The summed E-state index contributed by atoms with van der Waals surface area (Å²) < 4.78 is 11.1. The number of nitrogens with zero attached hydrogens (tertiary/aromatic N) is 2. The number of imide groups is 2. The van der Waals surface area contributed by atoms with Gasteiger partial charge in [-0.15, -0.1) is 0 Å². The van der Waals surface area contributed by atoms with Crippen LogP contribution in [0.25, 0.3) is 0 Å². The van der Waals surface area contributed by atoms with Crippen LogP contribution in [0.2, 0.25) is 0 Å². The molecule has 4 aliphatic rings. The predicted molar refractivity (Wildman–Crippen MR) is 191 cm³/mol. The second kappa shape index (κ2) is 17.7. The predicted octanol–water partition coefficient (Wildman–Crippen LogP) is 1.27. The summed E-state index contributed by atoms with van der Waals surface area (Å²) in [5.74, 6) is -2.11. The third-order valence-electron chi connectivity index (χ3n) is 10.3. The summed E-state index contributed by atoms with van der Waals surface area (Å²) in [5.41, 5.74) is 4.48. The lowest BCUT2D eigenvalue weighted by Gasteiger charge is -2.29. The van der Waals surface area contributed by atoms with Gasteiger partial charge in [-0.05, 0) is 66.5 Å². The molecule has 0 aliphatic carbocycles. The molecule has 0 radical (unpaired) electrons. The van der Waals surface area contributed by atoms with Gasteiger partial charge in [-0.3, -0.25) is 49.0 Å². The SMILES string of the molecule is O=C(CCCOCCOCCNC(=O)CCc1cccc2c1CN(C1CCC(=O)NC1=O)C2=O)CCc1cccc2c1CN(C1CCC(=O)NC1=O)C2=O. The lowest BCUT2D eigenvalue weighted by molar-refractivity contribution is -0.138. The third kappa shape index (κ3) is 9.08. The van der Waals surface area contributed by atoms with Crippen LogP contribution in [0.5, 0.6) is 0 Å². The number of benzene rings is 2. The smallest absolute Gasteiger partial charge is 0.255 e. The molecular formula is C39H45N5O10. The molecule has 54 heavy (non-hydrogen) atoms. The van der Waals surface area contributed by atoms with Gasteiger partial charge in [0.25, 0.3) is 11.8 Å². The van der Waals surface area contributed by atoms with Gasteiger partial charge < -0.3 is 24.6 Å². The molecule has 0 aromatic heterocycles. The van der Waals surface area contributed by atoms with E-state index in [4.69, 9.17) is 9.47 Å². The number of piperidine rings is 2. The van der Waals surface area contributed by atoms with Crippen molar-refractivity contribution >= 4 is 47.1 Å². The molecule has 2 fully saturated rings. The number of Topliss-reactive ketones (excluding diaryl/α,β-unsaturated/α-hetero) is 1. The molecular weight excluding hydrogens is 698 g/mol. The molecule has 4 heterocycles. The van der Waals surface area contributed by atoms with Gasteiger partial charge >= 0.3 is 0 Å². The molecule has 15 heteroatoms. The van der Waals surface area contributed by atoms with Crippen molar-refractivity contribution in [3.05, 3.63) is 69.8 Å². The van der Waals surface area contributed by atoms with Gasteiger partial charge in [-0.2, -0.15) is 0 Å². The van der Waals surface area contributed by atoms with Gasteiger partial charge in [0, 0.05) is 69.5 Å². The summed E-state index contributed by atoms with van der Waals surface area (Å²) in [4.78, 5) is 102. The van der Waals surface area contributed by atoms with E-state index in [0.29, 0.717) is 89.0 Å². The Bertz CT molecular complexity index is 1710. The minimum atomic E-state index is -0.689. The topological polar surface area (TPSA) is 198 Å². The number of fused-ring (bicyclic) bond motifs is 2. The van der Waals surface area contributed by atoms with Crippen molar-refractivity contribution in [2.75, 3.05) is 33.0 Å². The highest BCUT2D eigenvalue weighted by Crippen LogP contribution is 2.32. The first-order valence-corrected chi connectivity index (χ1v) is 18.6. The fraction of sp³-hybridized carbons (Fsp3) is 0.487. The second-order valence-corrected chi connectivity index (χ2v) is 13.9. The molecule has 0 spiro atoms. The summed E-state index contributed by atoms with van der Waals surface area (Å²) in [6.45, 7) is 2.28. The van der Waals surface area contributed by atoms with E-state index in [9.17, 15) is 38.4 Å². The van der Waals surface area contributed by atoms with E-state index in [-0.39, 0.29) is 67.7 Å². The van der Waals surface area contributed by atoms with Crippen LogP contribution in [-0.4, -0.2) is 102 Å². The highest BCUT2D eigenvalue weighted by atomic mass is 16.5. The fourth-order valence-corrected chi connectivity index (χ4v) is 7.46. The highest BCUT2D eigenvalue weighted by molar-refractivity contribution is 6.06. The van der Waals surface area contributed by atoms with E-state index in [1.54, 1.807) is 24.3 Å². The van der Waals surface area contributed by atoms with Gasteiger partial charge in [0.2, 0.25) is 29.5 Å². The van der Waals surface area contributed by atoms with Crippen molar-refractivity contribution in [2.24, 2.45) is 0 Å². The average molecular weight is 744 g/mol. The van der Waals surface area contributed by atoms with Gasteiger partial charge in [0.05, 0.1) is 19.8 Å². The van der Waals surface area contributed by atoms with Gasteiger partial charge in [0.1, 0.15) is 17.9 Å². The standard InChI is InChI=1S/C39H45N5O10/c45-26(11-9-24-4-1-7-27-29(24)22-43(38(27)51)31-12-15-34(47)41-36(31)49)6-3-18-53-20-21-54-19-17-40-33(46)14-10-25-5-2-8-28-30(25)23-44(39(28)52)32-13-16-35(48)42-37(32)50/h1-2,4-5,7-8,31-32H,3,6,9-23H2,(H,40,46)(H,41,47,49)(H,42,48,50). The number of carbonyl (C=O) groups is 8. The largest absolute Gasteiger partial charge is 0.379 e. The normalized spacial score (nSPS) is 19.5. The molecule has 4 aliphatic heterocycles. The van der Waals surface area contributed by atoms with Crippen LogP contribution in [0.3, 0.4) is 0 Å². The maximum Gasteiger partial charge on any atom is 0.255 e. The van der Waals surface area contributed by atoms with Crippen LogP contribution in [0.1, 0.15) is 94.3 Å². The number of rotatable bonds is 18. The summed E-state index contributed by atoms with van der Waals surface area (Å²) in [6.07, 6.45) is 3.38. The highest BCUT2D eigenvalue weighted by Gasteiger charge is 2.41. The van der Waals surface area contributed by atoms with E-state index in [1.807, 2.05) is 12.1 Å². The molecule has 2 atom stereocenters. The molecule has 2 aromatic rings. The van der Waals surface area contributed by atoms with Crippen LogP contribution < -0.4 is 16.0 Å². The van der Waals surface area contributed by atoms with Crippen molar-refractivity contribution in [3.8, 4) is 0 Å².